The number of hydrogen-bond acceptors (Lipinski definition) is 3. The summed E-state index contributed by atoms with van der Waals surface area (Å²) < 4.78 is 0. The Morgan fingerprint density at radius 1 is 1.31 bits per heavy atom. The number of piperazine rings is 1. The quantitative estimate of drug-likeness (QED) is 0.708. The van der Waals surface area contributed by atoms with Crippen molar-refractivity contribution >= 4 is 5.78 Å². The Bertz CT molecular complexity index is 254. The lowest BCUT2D eigenvalue weighted by molar-refractivity contribution is -0.125. The SMILES string of the molecule is CC1CN(C)CCN1CC1CCCCC1=O. The summed E-state index contributed by atoms with van der Waals surface area (Å²) in [5, 5.41) is 0. The molecule has 0 aromatic carbocycles. The van der Waals surface area contributed by atoms with Crippen LogP contribution < -0.4 is 0 Å². The Morgan fingerprint density at radius 3 is 2.81 bits per heavy atom. The van der Waals surface area contributed by atoms with Crippen LogP contribution in [0, 0.1) is 5.92 Å². The lowest BCUT2D eigenvalue weighted by Gasteiger charge is -2.40. The molecule has 3 heteroatoms. The summed E-state index contributed by atoms with van der Waals surface area (Å²) in [6.07, 6.45) is 4.32. The van der Waals surface area contributed by atoms with Crippen molar-refractivity contribution in [2.45, 2.75) is 38.6 Å². The maximum absolute atomic E-state index is 11.8. The zero-order valence-electron chi connectivity index (χ0n) is 10.6. The molecule has 16 heavy (non-hydrogen) atoms. The molecular formula is C13H24N2O. The number of rotatable bonds is 2. The number of carbonyl (C=O) groups is 1. The van der Waals surface area contributed by atoms with Gasteiger partial charge in [-0.15, -0.1) is 0 Å². The second kappa shape index (κ2) is 5.28. The van der Waals surface area contributed by atoms with Gasteiger partial charge in [-0.3, -0.25) is 9.69 Å². The van der Waals surface area contributed by atoms with E-state index in [1.807, 2.05) is 0 Å². The molecule has 2 atom stereocenters. The summed E-state index contributed by atoms with van der Waals surface area (Å²) in [7, 11) is 2.18. The summed E-state index contributed by atoms with van der Waals surface area (Å²) in [5.74, 6) is 0.844. The van der Waals surface area contributed by atoms with Gasteiger partial charge in [0.1, 0.15) is 5.78 Å². The van der Waals surface area contributed by atoms with Crippen molar-refractivity contribution in [1.29, 1.82) is 0 Å². The highest BCUT2D eigenvalue weighted by molar-refractivity contribution is 5.81. The molecule has 3 nitrogen and oxygen atoms in total. The van der Waals surface area contributed by atoms with Gasteiger partial charge < -0.3 is 4.90 Å². The molecule has 2 rings (SSSR count). The molecule has 2 unspecified atom stereocenters. The molecule has 1 heterocycles. The smallest absolute Gasteiger partial charge is 0.137 e. The fourth-order valence-electron chi connectivity index (χ4n) is 2.98. The maximum atomic E-state index is 11.8. The van der Waals surface area contributed by atoms with Crippen molar-refractivity contribution in [3.8, 4) is 0 Å². The van der Waals surface area contributed by atoms with Crippen LogP contribution >= 0.6 is 0 Å². The predicted octanol–water partition coefficient (Wildman–Crippen LogP) is 1.38. The fourth-order valence-corrected chi connectivity index (χ4v) is 2.98. The fraction of sp³-hybridized carbons (Fsp3) is 0.923. The Kier molecular flexibility index (Phi) is 3.98. The van der Waals surface area contributed by atoms with Crippen LogP contribution in [0.3, 0.4) is 0 Å². The van der Waals surface area contributed by atoms with E-state index in [9.17, 15) is 4.79 Å². The van der Waals surface area contributed by atoms with E-state index >= 15 is 0 Å². The van der Waals surface area contributed by atoms with Gasteiger partial charge in [0.25, 0.3) is 0 Å². The van der Waals surface area contributed by atoms with Gasteiger partial charge in [-0.2, -0.15) is 0 Å². The van der Waals surface area contributed by atoms with Crippen molar-refractivity contribution in [3.63, 3.8) is 0 Å². The van der Waals surface area contributed by atoms with E-state index in [1.165, 1.54) is 6.42 Å². The minimum absolute atomic E-state index is 0.333. The van der Waals surface area contributed by atoms with Crippen molar-refractivity contribution in [2.24, 2.45) is 5.92 Å². The van der Waals surface area contributed by atoms with Crippen LogP contribution in [0.2, 0.25) is 0 Å². The van der Waals surface area contributed by atoms with Gasteiger partial charge in [0.15, 0.2) is 0 Å². The Morgan fingerprint density at radius 2 is 2.12 bits per heavy atom. The molecule has 0 bridgehead atoms. The molecule has 0 radical (unpaired) electrons. The molecule has 0 amide bonds. The number of nitrogens with zero attached hydrogens (tertiary/aromatic N) is 2. The molecule has 0 aromatic heterocycles. The van der Waals surface area contributed by atoms with Crippen molar-refractivity contribution in [1.82, 2.24) is 9.80 Å². The van der Waals surface area contributed by atoms with Crippen LogP contribution in [0.15, 0.2) is 0 Å². The third-order valence-electron chi connectivity index (χ3n) is 4.10. The first kappa shape index (κ1) is 12.1. The normalized spacial score (nSPS) is 34.2. The average molecular weight is 224 g/mol. The highest BCUT2D eigenvalue weighted by Gasteiger charge is 2.28. The highest BCUT2D eigenvalue weighted by Crippen LogP contribution is 2.23. The molecule has 1 saturated heterocycles. The number of likely N-dealkylation sites (N-methyl/N-ethyl adjacent to an activating group) is 1. The lowest BCUT2D eigenvalue weighted by atomic mass is 9.87. The van der Waals surface area contributed by atoms with E-state index in [1.54, 1.807) is 0 Å². The van der Waals surface area contributed by atoms with Crippen LogP contribution in [-0.2, 0) is 4.79 Å². The minimum Gasteiger partial charge on any atom is -0.304 e. The summed E-state index contributed by atoms with van der Waals surface area (Å²) in [6.45, 7) is 6.70. The minimum atomic E-state index is 0.333. The van der Waals surface area contributed by atoms with Crippen LogP contribution in [0.5, 0.6) is 0 Å². The summed E-state index contributed by atoms with van der Waals surface area (Å²) >= 11 is 0. The summed E-state index contributed by atoms with van der Waals surface area (Å²) in [4.78, 5) is 16.7. The first-order valence-corrected chi connectivity index (χ1v) is 6.62. The molecule has 1 saturated carbocycles. The summed E-state index contributed by atoms with van der Waals surface area (Å²) in [6, 6.07) is 0.605. The van der Waals surface area contributed by atoms with Crippen molar-refractivity contribution in [3.05, 3.63) is 0 Å². The van der Waals surface area contributed by atoms with Gasteiger partial charge in [0.2, 0.25) is 0 Å². The zero-order valence-corrected chi connectivity index (χ0v) is 10.6. The number of carbonyl (C=O) groups excluding carboxylic acids is 1. The van der Waals surface area contributed by atoms with Crippen LogP contribution in [0.1, 0.15) is 32.6 Å². The molecule has 92 valence electrons. The van der Waals surface area contributed by atoms with Crippen molar-refractivity contribution in [2.75, 3.05) is 33.2 Å². The molecule has 2 fully saturated rings. The second-order valence-corrected chi connectivity index (χ2v) is 5.52. The molecule has 0 spiro atoms. The summed E-state index contributed by atoms with van der Waals surface area (Å²) in [5.41, 5.74) is 0. The van der Waals surface area contributed by atoms with E-state index < -0.39 is 0 Å². The van der Waals surface area contributed by atoms with Gasteiger partial charge in [0, 0.05) is 44.6 Å². The van der Waals surface area contributed by atoms with Crippen LogP contribution in [0.4, 0.5) is 0 Å². The van der Waals surface area contributed by atoms with Gasteiger partial charge in [-0.1, -0.05) is 6.42 Å². The first-order chi connectivity index (χ1) is 7.66. The van der Waals surface area contributed by atoms with Gasteiger partial charge in [0.05, 0.1) is 0 Å². The maximum Gasteiger partial charge on any atom is 0.137 e. The third-order valence-corrected chi connectivity index (χ3v) is 4.10. The van der Waals surface area contributed by atoms with Crippen LogP contribution in [-0.4, -0.2) is 54.9 Å². The van der Waals surface area contributed by atoms with E-state index in [-0.39, 0.29) is 0 Å². The number of hydrogen-bond donors (Lipinski definition) is 0. The highest BCUT2D eigenvalue weighted by atomic mass is 16.1. The Balaban J connectivity index is 1.86. The third kappa shape index (κ3) is 2.83. The molecule has 2 aliphatic rings. The predicted molar refractivity (Wildman–Crippen MR) is 65.5 cm³/mol. The average Bonchev–Trinajstić information content (AvgIpc) is 2.25. The zero-order chi connectivity index (χ0) is 11.5. The van der Waals surface area contributed by atoms with E-state index in [0.717, 1.165) is 45.4 Å². The van der Waals surface area contributed by atoms with Gasteiger partial charge >= 0.3 is 0 Å². The molecule has 1 aliphatic heterocycles. The number of ketones is 1. The molecule has 0 aromatic rings. The van der Waals surface area contributed by atoms with Crippen molar-refractivity contribution < 1.29 is 4.79 Å². The first-order valence-electron chi connectivity index (χ1n) is 6.62. The molecular weight excluding hydrogens is 200 g/mol. The van der Waals surface area contributed by atoms with E-state index in [0.29, 0.717) is 17.7 Å². The van der Waals surface area contributed by atoms with Gasteiger partial charge in [-0.25, -0.2) is 0 Å². The topological polar surface area (TPSA) is 23.6 Å². The second-order valence-electron chi connectivity index (χ2n) is 5.52. The molecule has 0 N–H and O–H groups in total. The lowest BCUT2D eigenvalue weighted by Crippen LogP contribution is -2.52. The van der Waals surface area contributed by atoms with E-state index in [2.05, 4.69) is 23.8 Å². The number of Topliss-reactive ketones (excluding diaryl/α,β-unsaturated/α-hetero) is 1. The van der Waals surface area contributed by atoms with E-state index in [4.69, 9.17) is 0 Å². The Hall–Kier alpha value is -0.410. The largest absolute Gasteiger partial charge is 0.304 e. The molecule has 1 aliphatic carbocycles. The standard InChI is InChI=1S/C13H24N2O/c1-11-9-14(2)7-8-15(11)10-12-5-3-4-6-13(12)16/h11-12H,3-10H2,1-2H3. The Labute approximate surface area is 98.8 Å². The van der Waals surface area contributed by atoms with Gasteiger partial charge in [-0.05, 0) is 26.8 Å². The monoisotopic (exact) mass is 224 g/mol. The van der Waals surface area contributed by atoms with Crippen LogP contribution in [0.25, 0.3) is 0 Å².